The van der Waals surface area contributed by atoms with Gasteiger partial charge in [0.1, 0.15) is 0 Å². The Morgan fingerprint density at radius 2 is 1.79 bits per heavy atom. The molecule has 0 atom stereocenters. The summed E-state index contributed by atoms with van der Waals surface area (Å²) in [7, 11) is -1.20. The number of ether oxygens (including phenoxy) is 1. The molecule has 0 aliphatic heterocycles. The van der Waals surface area contributed by atoms with Crippen LogP contribution >= 0.6 is 0 Å². The van der Waals surface area contributed by atoms with Crippen LogP contribution in [0.2, 0.25) is 0 Å². The summed E-state index contributed by atoms with van der Waals surface area (Å²) in [6, 6.07) is 0. The minimum Gasteiger partial charge on any atom is -0.379 e. The van der Waals surface area contributed by atoms with Crippen molar-refractivity contribution in [2.45, 2.75) is 25.5 Å². The molecule has 0 aliphatic carbocycles. The van der Waals surface area contributed by atoms with Gasteiger partial charge in [-0.1, -0.05) is 0 Å². The van der Waals surface area contributed by atoms with Gasteiger partial charge in [0.15, 0.2) is 9.84 Å². The summed E-state index contributed by atoms with van der Waals surface area (Å²) in [4.78, 5) is 0. The molecule has 0 rings (SSSR count). The Labute approximate surface area is 86.9 Å². The summed E-state index contributed by atoms with van der Waals surface area (Å²) in [5.41, 5.74) is 0. The van der Waals surface area contributed by atoms with E-state index < -0.39 is 14.6 Å². The molecule has 0 radical (unpaired) electrons. The molecule has 0 heterocycles. The summed E-state index contributed by atoms with van der Waals surface area (Å²) >= 11 is 0. The average molecular weight is 223 g/mol. The molecule has 14 heavy (non-hydrogen) atoms. The quantitative estimate of drug-likeness (QED) is 0.664. The first-order chi connectivity index (χ1) is 6.31. The van der Waals surface area contributed by atoms with Crippen molar-refractivity contribution in [1.82, 2.24) is 5.32 Å². The molecule has 0 aromatic heterocycles. The first-order valence-corrected chi connectivity index (χ1v) is 6.41. The number of nitrogens with one attached hydrogen (secondary N) is 1. The van der Waals surface area contributed by atoms with Gasteiger partial charge in [-0.25, -0.2) is 8.42 Å². The van der Waals surface area contributed by atoms with Crippen molar-refractivity contribution >= 4 is 9.84 Å². The van der Waals surface area contributed by atoms with Crippen LogP contribution in [-0.2, 0) is 14.6 Å². The Morgan fingerprint density at radius 1 is 1.21 bits per heavy atom. The highest BCUT2D eigenvalue weighted by Gasteiger charge is 2.28. The van der Waals surface area contributed by atoms with Gasteiger partial charge in [0, 0.05) is 6.54 Å². The molecule has 0 aromatic rings. The minimum absolute atomic E-state index is 0.0974. The van der Waals surface area contributed by atoms with E-state index in [4.69, 9.17) is 4.74 Å². The van der Waals surface area contributed by atoms with Crippen LogP contribution in [0.1, 0.15) is 20.8 Å². The van der Waals surface area contributed by atoms with Crippen LogP contribution in [0.15, 0.2) is 0 Å². The third-order valence-electron chi connectivity index (χ3n) is 1.93. The number of hydrogen-bond donors (Lipinski definition) is 1. The van der Waals surface area contributed by atoms with Gasteiger partial charge in [-0.05, 0) is 27.8 Å². The standard InChI is InChI=1S/C9H21NO3S/c1-9(2,3)14(11,12)8-7-13-6-5-10-4/h10H,5-8H2,1-4H3. The highest BCUT2D eigenvalue weighted by molar-refractivity contribution is 7.92. The molecule has 0 saturated carbocycles. The van der Waals surface area contributed by atoms with E-state index in [1.165, 1.54) is 0 Å². The van der Waals surface area contributed by atoms with E-state index in [1.807, 2.05) is 7.05 Å². The fourth-order valence-electron chi connectivity index (χ4n) is 0.751. The lowest BCUT2D eigenvalue weighted by molar-refractivity contribution is 0.152. The minimum atomic E-state index is -3.03. The topological polar surface area (TPSA) is 55.4 Å². The highest BCUT2D eigenvalue weighted by Crippen LogP contribution is 2.15. The van der Waals surface area contributed by atoms with Crippen LogP contribution in [0.25, 0.3) is 0 Å². The largest absolute Gasteiger partial charge is 0.379 e. The molecule has 0 unspecified atom stereocenters. The highest BCUT2D eigenvalue weighted by atomic mass is 32.2. The molecule has 0 fully saturated rings. The lowest BCUT2D eigenvalue weighted by atomic mass is 10.3. The summed E-state index contributed by atoms with van der Waals surface area (Å²) in [6.45, 7) is 6.69. The lowest BCUT2D eigenvalue weighted by Crippen LogP contribution is -2.32. The molecule has 0 spiro atoms. The molecule has 0 amide bonds. The van der Waals surface area contributed by atoms with Crippen molar-refractivity contribution in [1.29, 1.82) is 0 Å². The van der Waals surface area contributed by atoms with E-state index in [9.17, 15) is 8.42 Å². The van der Waals surface area contributed by atoms with Gasteiger partial charge in [0.05, 0.1) is 23.7 Å². The zero-order valence-corrected chi connectivity index (χ0v) is 10.3. The molecule has 1 N–H and O–H groups in total. The lowest BCUT2D eigenvalue weighted by Gasteiger charge is -2.18. The van der Waals surface area contributed by atoms with Gasteiger partial charge in [-0.2, -0.15) is 0 Å². The Bertz CT molecular complexity index is 241. The second kappa shape index (κ2) is 5.68. The Morgan fingerprint density at radius 3 is 2.21 bits per heavy atom. The molecule has 0 aliphatic rings. The van der Waals surface area contributed by atoms with Gasteiger partial charge in [-0.15, -0.1) is 0 Å². The fraction of sp³-hybridized carbons (Fsp3) is 1.00. The van der Waals surface area contributed by atoms with Crippen LogP contribution in [0, 0.1) is 0 Å². The first-order valence-electron chi connectivity index (χ1n) is 4.76. The van der Waals surface area contributed by atoms with Crippen LogP contribution in [-0.4, -0.2) is 45.7 Å². The van der Waals surface area contributed by atoms with Gasteiger partial charge in [0.25, 0.3) is 0 Å². The van der Waals surface area contributed by atoms with Crippen LogP contribution < -0.4 is 5.32 Å². The summed E-state index contributed by atoms with van der Waals surface area (Å²) in [5, 5.41) is 2.92. The van der Waals surface area contributed by atoms with Gasteiger partial charge in [-0.3, -0.25) is 0 Å². The maximum absolute atomic E-state index is 11.6. The predicted molar refractivity (Wildman–Crippen MR) is 58.3 cm³/mol. The normalized spacial score (nSPS) is 13.1. The number of hydrogen-bond acceptors (Lipinski definition) is 4. The van der Waals surface area contributed by atoms with Crippen molar-refractivity contribution in [2.24, 2.45) is 0 Å². The molecular formula is C9H21NO3S. The number of rotatable bonds is 6. The van der Waals surface area contributed by atoms with E-state index in [0.29, 0.717) is 6.61 Å². The van der Waals surface area contributed by atoms with Crippen molar-refractivity contribution in [3.8, 4) is 0 Å². The SMILES string of the molecule is CNCCOCCS(=O)(=O)C(C)(C)C. The Balaban J connectivity index is 3.80. The molecule has 0 aromatic carbocycles. The summed E-state index contributed by atoms with van der Waals surface area (Å²) < 4.78 is 27.7. The Hall–Kier alpha value is -0.130. The molecule has 86 valence electrons. The van der Waals surface area contributed by atoms with Gasteiger partial charge >= 0.3 is 0 Å². The average Bonchev–Trinajstić information content (AvgIpc) is 2.02. The van der Waals surface area contributed by atoms with Gasteiger partial charge in [0.2, 0.25) is 0 Å². The van der Waals surface area contributed by atoms with E-state index in [1.54, 1.807) is 20.8 Å². The third-order valence-corrected chi connectivity index (χ3v) is 4.50. The van der Waals surface area contributed by atoms with Crippen molar-refractivity contribution < 1.29 is 13.2 Å². The van der Waals surface area contributed by atoms with Crippen molar-refractivity contribution in [2.75, 3.05) is 32.6 Å². The first kappa shape index (κ1) is 13.9. The molecule has 4 nitrogen and oxygen atoms in total. The zero-order valence-electron chi connectivity index (χ0n) is 9.46. The van der Waals surface area contributed by atoms with E-state index >= 15 is 0 Å². The number of sulfone groups is 1. The molecule has 0 saturated heterocycles. The van der Waals surface area contributed by atoms with Crippen molar-refractivity contribution in [3.05, 3.63) is 0 Å². The second-order valence-electron chi connectivity index (χ2n) is 4.15. The van der Waals surface area contributed by atoms with E-state index in [2.05, 4.69) is 5.32 Å². The van der Waals surface area contributed by atoms with Crippen LogP contribution in [0.4, 0.5) is 0 Å². The van der Waals surface area contributed by atoms with Crippen LogP contribution in [0.3, 0.4) is 0 Å². The molecular weight excluding hydrogens is 202 g/mol. The Kier molecular flexibility index (Phi) is 5.63. The number of likely N-dealkylation sites (N-methyl/N-ethyl adjacent to an activating group) is 1. The fourth-order valence-corrected chi connectivity index (χ4v) is 1.70. The van der Waals surface area contributed by atoms with E-state index in [0.717, 1.165) is 6.54 Å². The van der Waals surface area contributed by atoms with Gasteiger partial charge < -0.3 is 10.1 Å². The second-order valence-corrected chi connectivity index (χ2v) is 7.01. The molecule has 0 bridgehead atoms. The molecule has 5 heteroatoms. The maximum atomic E-state index is 11.6. The smallest absolute Gasteiger partial charge is 0.157 e. The monoisotopic (exact) mass is 223 g/mol. The van der Waals surface area contributed by atoms with Crippen molar-refractivity contribution in [3.63, 3.8) is 0 Å². The predicted octanol–water partition coefficient (Wildman–Crippen LogP) is 0.436. The zero-order chi connectivity index (χ0) is 11.2. The maximum Gasteiger partial charge on any atom is 0.157 e. The third kappa shape index (κ3) is 4.93. The van der Waals surface area contributed by atoms with E-state index in [-0.39, 0.29) is 12.4 Å². The summed E-state index contributed by atoms with van der Waals surface area (Å²) in [6.07, 6.45) is 0. The van der Waals surface area contributed by atoms with Crippen LogP contribution in [0.5, 0.6) is 0 Å². The summed E-state index contributed by atoms with van der Waals surface area (Å²) in [5.74, 6) is 0.0974.